The summed E-state index contributed by atoms with van der Waals surface area (Å²) in [5.41, 5.74) is 1.38. The number of para-hydroxylation sites is 1. The molecule has 1 aliphatic heterocycles. The zero-order valence-electron chi connectivity index (χ0n) is 9.80. The first kappa shape index (κ1) is 12.1. The number of thiophene rings is 1. The second-order valence-corrected chi connectivity index (χ2v) is 6.86. The summed E-state index contributed by atoms with van der Waals surface area (Å²) in [6, 6.07) is 10.6. The third-order valence-corrected chi connectivity index (χ3v) is 5.75. The Kier molecular flexibility index (Phi) is 2.96. The lowest BCUT2D eigenvalue weighted by Crippen LogP contribution is -2.25. The minimum atomic E-state index is -3.57. The maximum Gasteiger partial charge on any atom is 0.277 e. The van der Waals surface area contributed by atoms with Crippen molar-refractivity contribution >= 4 is 33.3 Å². The van der Waals surface area contributed by atoms with E-state index in [9.17, 15) is 8.42 Å². The SMILES string of the molecule is O=S(=O)(c1cccs1)N1C=CN=Cc2ccccc21. The van der Waals surface area contributed by atoms with Gasteiger partial charge in [0.25, 0.3) is 10.0 Å². The monoisotopic (exact) mass is 290 g/mol. The minimum absolute atomic E-state index is 0.314. The van der Waals surface area contributed by atoms with E-state index < -0.39 is 10.0 Å². The Labute approximate surface area is 115 Å². The van der Waals surface area contributed by atoms with Gasteiger partial charge in [0.15, 0.2) is 0 Å². The predicted molar refractivity (Wildman–Crippen MR) is 77.2 cm³/mol. The number of anilines is 1. The molecule has 0 saturated carbocycles. The van der Waals surface area contributed by atoms with Crippen molar-refractivity contribution in [3.8, 4) is 0 Å². The number of nitrogens with zero attached hydrogens (tertiary/aromatic N) is 2. The van der Waals surface area contributed by atoms with Gasteiger partial charge in [0.05, 0.1) is 5.69 Å². The second-order valence-electron chi connectivity index (χ2n) is 3.87. The van der Waals surface area contributed by atoms with E-state index in [-0.39, 0.29) is 0 Å². The summed E-state index contributed by atoms with van der Waals surface area (Å²) in [6.07, 6.45) is 4.60. The van der Waals surface area contributed by atoms with Crippen molar-refractivity contribution in [3.63, 3.8) is 0 Å². The number of sulfonamides is 1. The molecule has 0 fully saturated rings. The fourth-order valence-electron chi connectivity index (χ4n) is 1.82. The first-order valence-corrected chi connectivity index (χ1v) is 7.88. The van der Waals surface area contributed by atoms with Crippen molar-refractivity contribution in [1.29, 1.82) is 0 Å². The summed E-state index contributed by atoms with van der Waals surface area (Å²) in [5, 5.41) is 1.75. The number of rotatable bonds is 2. The Balaban J connectivity index is 2.17. The second kappa shape index (κ2) is 4.64. The van der Waals surface area contributed by atoms with E-state index in [1.807, 2.05) is 18.2 Å². The Bertz CT molecular complexity index is 747. The first-order valence-electron chi connectivity index (χ1n) is 5.56. The Morgan fingerprint density at radius 2 is 1.95 bits per heavy atom. The maximum absolute atomic E-state index is 12.6. The zero-order chi connectivity index (χ0) is 13.3. The predicted octanol–water partition coefficient (Wildman–Crippen LogP) is 2.85. The lowest BCUT2D eigenvalue weighted by Gasteiger charge is -2.20. The zero-order valence-corrected chi connectivity index (χ0v) is 11.4. The van der Waals surface area contributed by atoms with Crippen LogP contribution < -0.4 is 4.31 Å². The largest absolute Gasteiger partial charge is 0.277 e. The summed E-state index contributed by atoms with van der Waals surface area (Å²) >= 11 is 1.20. The van der Waals surface area contributed by atoms with Crippen LogP contribution in [-0.4, -0.2) is 14.6 Å². The van der Waals surface area contributed by atoms with Gasteiger partial charge in [-0.1, -0.05) is 24.3 Å². The average Bonchev–Trinajstić information content (AvgIpc) is 2.86. The van der Waals surface area contributed by atoms with Crippen molar-refractivity contribution < 1.29 is 8.42 Å². The molecule has 4 nitrogen and oxygen atoms in total. The van der Waals surface area contributed by atoms with Gasteiger partial charge in [0.1, 0.15) is 4.21 Å². The molecule has 2 heterocycles. The number of benzene rings is 1. The van der Waals surface area contributed by atoms with Crippen LogP contribution in [-0.2, 0) is 10.0 Å². The summed E-state index contributed by atoms with van der Waals surface area (Å²) in [5.74, 6) is 0. The van der Waals surface area contributed by atoms with Gasteiger partial charge in [0, 0.05) is 24.2 Å². The van der Waals surface area contributed by atoms with Gasteiger partial charge in [0.2, 0.25) is 0 Å². The smallest absolute Gasteiger partial charge is 0.262 e. The third-order valence-electron chi connectivity index (χ3n) is 2.68. The molecule has 0 unspecified atom stereocenters. The molecule has 0 radical (unpaired) electrons. The van der Waals surface area contributed by atoms with Gasteiger partial charge in [-0.05, 0) is 17.5 Å². The van der Waals surface area contributed by atoms with Gasteiger partial charge in [-0.15, -0.1) is 11.3 Å². The minimum Gasteiger partial charge on any atom is -0.262 e. The molecule has 0 aliphatic carbocycles. The summed E-state index contributed by atoms with van der Waals surface area (Å²) in [7, 11) is -3.57. The molecule has 19 heavy (non-hydrogen) atoms. The first-order chi connectivity index (χ1) is 9.19. The molecule has 0 N–H and O–H groups in total. The molecular weight excluding hydrogens is 280 g/mol. The quantitative estimate of drug-likeness (QED) is 0.854. The van der Waals surface area contributed by atoms with Gasteiger partial charge < -0.3 is 0 Å². The third kappa shape index (κ3) is 2.09. The maximum atomic E-state index is 12.6. The van der Waals surface area contributed by atoms with Crippen LogP contribution in [0.5, 0.6) is 0 Å². The molecule has 6 heteroatoms. The fraction of sp³-hybridized carbons (Fsp3) is 0. The molecule has 1 aliphatic rings. The Morgan fingerprint density at radius 3 is 2.74 bits per heavy atom. The van der Waals surface area contributed by atoms with Crippen LogP contribution in [0.25, 0.3) is 0 Å². The van der Waals surface area contributed by atoms with Crippen molar-refractivity contribution in [2.45, 2.75) is 4.21 Å². The topological polar surface area (TPSA) is 49.7 Å². The normalized spacial score (nSPS) is 14.2. The van der Waals surface area contributed by atoms with Crippen molar-refractivity contribution in [2.24, 2.45) is 4.99 Å². The van der Waals surface area contributed by atoms with Gasteiger partial charge in [-0.25, -0.2) is 4.31 Å². The molecule has 1 aromatic heterocycles. The van der Waals surface area contributed by atoms with E-state index in [1.165, 1.54) is 28.0 Å². The highest BCUT2D eigenvalue weighted by atomic mass is 32.2. The van der Waals surface area contributed by atoms with E-state index in [1.54, 1.807) is 29.8 Å². The number of aliphatic imine (C=N–C) groups is 1. The average molecular weight is 290 g/mol. The highest BCUT2D eigenvalue weighted by molar-refractivity contribution is 7.94. The van der Waals surface area contributed by atoms with Crippen LogP contribution in [0.3, 0.4) is 0 Å². The van der Waals surface area contributed by atoms with Crippen molar-refractivity contribution in [1.82, 2.24) is 0 Å². The highest BCUT2D eigenvalue weighted by Gasteiger charge is 2.26. The molecule has 1 aromatic carbocycles. The van der Waals surface area contributed by atoms with Crippen LogP contribution in [0, 0.1) is 0 Å². The molecule has 0 spiro atoms. The van der Waals surface area contributed by atoms with Crippen LogP contribution in [0.1, 0.15) is 5.56 Å². The molecule has 0 saturated heterocycles. The van der Waals surface area contributed by atoms with Crippen molar-refractivity contribution in [2.75, 3.05) is 4.31 Å². The van der Waals surface area contributed by atoms with E-state index >= 15 is 0 Å². The lowest BCUT2D eigenvalue weighted by molar-refractivity contribution is 0.598. The van der Waals surface area contributed by atoms with E-state index in [2.05, 4.69) is 4.99 Å². The summed E-state index contributed by atoms with van der Waals surface area (Å²) in [6.45, 7) is 0. The van der Waals surface area contributed by atoms with Crippen LogP contribution in [0.2, 0.25) is 0 Å². The van der Waals surface area contributed by atoms with E-state index in [4.69, 9.17) is 0 Å². The molecule has 0 amide bonds. The van der Waals surface area contributed by atoms with Crippen molar-refractivity contribution in [3.05, 3.63) is 59.7 Å². The number of hydrogen-bond acceptors (Lipinski definition) is 4. The fourth-order valence-corrected chi connectivity index (χ4v) is 4.24. The number of fused-ring (bicyclic) bond motifs is 1. The molecule has 96 valence electrons. The van der Waals surface area contributed by atoms with Crippen LogP contribution >= 0.6 is 11.3 Å². The van der Waals surface area contributed by atoms with E-state index in [0.717, 1.165) is 5.56 Å². The molecule has 0 bridgehead atoms. The highest BCUT2D eigenvalue weighted by Crippen LogP contribution is 2.29. The Morgan fingerprint density at radius 1 is 1.11 bits per heavy atom. The standard InChI is InChI=1S/C13H10N2O2S2/c16-19(17,13-6-3-9-18-13)15-8-7-14-10-11-4-1-2-5-12(11)15/h1-10H. The lowest BCUT2D eigenvalue weighted by atomic mass is 10.2. The van der Waals surface area contributed by atoms with Gasteiger partial charge in [-0.2, -0.15) is 8.42 Å². The Hall–Kier alpha value is -1.92. The van der Waals surface area contributed by atoms with Gasteiger partial charge in [-0.3, -0.25) is 4.99 Å². The van der Waals surface area contributed by atoms with Gasteiger partial charge >= 0.3 is 0 Å². The van der Waals surface area contributed by atoms with E-state index in [0.29, 0.717) is 9.90 Å². The molecule has 0 atom stereocenters. The molecule has 3 rings (SSSR count). The molecule has 2 aromatic rings. The number of hydrogen-bond donors (Lipinski definition) is 0. The van der Waals surface area contributed by atoms with Crippen LogP contribution in [0.4, 0.5) is 5.69 Å². The molecular formula is C13H10N2O2S2. The summed E-state index contributed by atoms with van der Waals surface area (Å²) in [4.78, 5) is 4.05. The van der Waals surface area contributed by atoms with Crippen LogP contribution in [0.15, 0.2) is 63.4 Å². The summed E-state index contributed by atoms with van der Waals surface area (Å²) < 4.78 is 26.8.